The predicted molar refractivity (Wildman–Crippen MR) is 188 cm³/mol. The van der Waals surface area contributed by atoms with Gasteiger partial charge in [0.2, 0.25) is 11.8 Å². The first-order valence-electron chi connectivity index (χ1n) is 17.2. The maximum atomic E-state index is 15.2. The maximum Gasteiger partial charge on any atom is 0.313 e. The average molecular weight is 735 g/mol. The first-order chi connectivity index (χ1) is 23.7. The van der Waals surface area contributed by atoms with E-state index in [2.05, 4.69) is 21.2 Å². The number of aryl methyl sites for hydroxylation is 2. The number of aliphatic hydroxyl groups excluding tert-OH is 1. The Hall–Kier alpha value is -3.80. The summed E-state index contributed by atoms with van der Waals surface area (Å²) in [6, 6.07) is 14.0. The van der Waals surface area contributed by atoms with Crippen LogP contribution in [0.15, 0.2) is 71.2 Å². The number of ether oxygens (including phenoxy) is 2. The van der Waals surface area contributed by atoms with E-state index in [1.54, 1.807) is 9.80 Å². The monoisotopic (exact) mass is 733 g/mol. The number of nitrogens with zero attached hydrogens (tertiary/aromatic N) is 2. The summed E-state index contributed by atoms with van der Waals surface area (Å²) in [5.41, 5.74) is 1.88. The third-order valence-corrected chi connectivity index (χ3v) is 10.8. The van der Waals surface area contributed by atoms with E-state index in [0.717, 1.165) is 29.7 Å². The lowest BCUT2D eigenvalue weighted by atomic mass is 9.74. The number of likely N-dealkylation sites (tertiary alicyclic amines) is 1. The molecule has 6 rings (SSSR count). The van der Waals surface area contributed by atoms with Crippen LogP contribution in [0.4, 0.5) is 5.69 Å². The van der Waals surface area contributed by atoms with Gasteiger partial charge in [0.15, 0.2) is 0 Å². The van der Waals surface area contributed by atoms with Gasteiger partial charge in [0.1, 0.15) is 29.8 Å². The van der Waals surface area contributed by atoms with Crippen molar-refractivity contribution in [2.45, 2.75) is 76.2 Å². The fraction of sp³-hybridized carbons (Fsp3) is 0.474. The highest BCUT2D eigenvalue weighted by Crippen LogP contribution is 2.59. The van der Waals surface area contributed by atoms with Crippen molar-refractivity contribution in [2.24, 2.45) is 11.8 Å². The third-order valence-electron chi connectivity index (χ3n) is 10.1. The number of fused-ring (bicyclic) bond motifs is 2. The number of amides is 3. The standard InChI is InChI=1S/C38H44BrN3O7/c1-24-14-13-15-25(2)32(24)41-19-11-6-9-18-29(44)40-23-28(26-16-7-5-8-17-26)48-37(47)30-31-35(45)42(20-10-3-4-12-21-43)34(36(41)46)38(31)22-27(39)33(30)49-38/h5-8,11,13-17,22,28,30-31,33-34,43H,3-4,9-10,12,18-21,23H2,1-2H3,(H,40,44)/b11-6-/t28-,30-,31+,33-,34-,38+/m1/s1. The molecule has 0 unspecified atom stereocenters. The molecule has 4 heterocycles. The van der Waals surface area contributed by atoms with Crippen LogP contribution in [0.5, 0.6) is 0 Å². The highest BCUT2D eigenvalue weighted by atomic mass is 79.9. The van der Waals surface area contributed by atoms with E-state index < -0.39 is 41.7 Å². The minimum absolute atomic E-state index is 0.0682. The van der Waals surface area contributed by atoms with Gasteiger partial charge in [0, 0.05) is 36.3 Å². The molecule has 5 bridgehead atoms. The average Bonchev–Trinajstić information content (AvgIpc) is 3.68. The van der Waals surface area contributed by atoms with Crippen LogP contribution in [-0.4, -0.2) is 77.7 Å². The van der Waals surface area contributed by atoms with Crippen molar-refractivity contribution in [3.63, 3.8) is 0 Å². The number of esters is 1. The number of aliphatic hydroxyl groups is 1. The predicted octanol–water partition coefficient (Wildman–Crippen LogP) is 4.81. The number of hydrogen-bond donors (Lipinski definition) is 2. The van der Waals surface area contributed by atoms with Crippen LogP contribution in [-0.2, 0) is 28.7 Å². The Morgan fingerprint density at radius 3 is 2.41 bits per heavy atom. The Morgan fingerprint density at radius 1 is 0.939 bits per heavy atom. The van der Waals surface area contributed by atoms with Crippen molar-refractivity contribution in [1.82, 2.24) is 10.2 Å². The van der Waals surface area contributed by atoms with Crippen molar-refractivity contribution in [3.05, 3.63) is 87.9 Å². The molecule has 3 amide bonds. The largest absolute Gasteiger partial charge is 0.455 e. The van der Waals surface area contributed by atoms with Gasteiger partial charge in [-0.3, -0.25) is 19.2 Å². The maximum absolute atomic E-state index is 15.2. The number of anilines is 1. The summed E-state index contributed by atoms with van der Waals surface area (Å²) in [5, 5.41) is 12.2. The lowest BCUT2D eigenvalue weighted by Gasteiger charge is -2.36. The van der Waals surface area contributed by atoms with E-state index in [9.17, 15) is 19.5 Å². The number of carbonyl (C=O) groups is 4. The number of carbonyl (C=O) groups excluding carboxylic acids is 4. The molecule has 11 heteroatoms. The van der Waals surface area contributed by atoms with Crippen LogP contribution < -0.4 is 10.2 Å². The second kappa shape index (κ2) is 15.0. The Balaban J connectivity index is 1.44. The second-order valence-electron chi connectivity index (χ2n) is 13.3. The molecule has 6 atom stereocenters. The number of rotatable bonds is 8. The van der Waals surface area contributed by atoms with Crippen LogP contribution in [0, 0.1) is 25.7 Å². The van der Waals surface area contributed by atoms with Gasteiger partial charge in [0.25, 0.3) is 5.91 Å². The Bertz CT molecular complexity index is 1620. The molecule has 0 radical (unpaired) electrons. The summed E-state index contributed by atoms with van der Waals surface area (Å²) in [6.45, 7) is 4.59. The van der Waals surface area contributed by atoms with Crippen molar-refractivity contribution in [1.29, 1.82) is 0 Å². The zero-order chi connectivity index (χ0) is 34.7. The summed E-state index contributed by atoms with van der Waals surface area (Å²) in [7, 11) is 0. The van der Waals surface area contributed by atoms with Crippen molar-refractivity contribution in [2.75, 3.05) is 31.1 Å². The topological polar surface area (TPSA) is 125 Å². The van der Waals surface area contributed by atoms with E-state index >= 15 is 4.79 Å². The Labute approximate surface area is 295 Å². The molecular formula is C38H44BrN3O7. The molecule has 1 spiro atoms. The summed E-state index contributed by atoms with van der Waals surface area (Å²) in [4.78, 5) is 60.3. The van der Waals surface area contributed by atoms with Crippen LogP contribution >= 0.6 is 15.9 Å². The van der Waals surface area contributed by atoms with Gasteiger partial charge in [-0.1, -0.05) is 89.5 Å². The number of hydrogen-bond acceptors (Lipinski definition) is 7. The number of benzene rings is 2. The van der Waals surface area contributed by atoms with Crippen LogP contribution in [0.25, 0.3) is 0 Å². The minimum atomic E-state index is -1.39. The molecular weight excluding hydrogens is 690 g/mol. The highest BCUT2D eigenvalue weighted by Gasteiger charge is 2.75. The zero-order valence-electron chi connectivity index (χ0n) is 28.0. The third kappa shape index (κ3) is 6.72. The molecule has 0 aromatic heterocycles. The summed E-state index contributed by atoms with van der Waals surface area (Å²) in [5.74, 6) is -3.41. The molecule has 2 saturated heterocycles. The molecule has 2 aromatic rings. The van der Waals surface area contributed by atoms with Gasteiger partial charge in [-0.05, 0) is 55.9 Å². The summed E-state index contributed by atoms with van der Waals surface area (Å²) < 4.78 is 13.4. The molecule has 2 N–H and O–H groups in total. The van der Waals surface area contributed by atoms with E-state index in [-0.39, 0.29) is 43.8 Å². The van der Waals surface area contributed by atoms with E-state index in [4.69, 9.17) is 9.47 Å². The van der Waals surface area contributed by atoms with Crippen molar-refractivity contribution >= 4 is 45.3 Å². The van der Waals surface area contributed by atoms with E-state index in [0.29, 0.717) is 35.9 Å². The van der Waals surface area contributed by atoms with Gasteiger partial charge in [0.05, 0.1) is 12.5 Å². The first-order valence-corrected chi connectivity index (χ1v) is 18.0. The summed E-state index contributed by atoms with van der Waals surface area (Å²) >= 11 is 3.63. The van der Waals surface area contributed by atoms with Gasteiger partial charge < -0.3 is 29.7 Å². The number of para-hydroxylation sites is 1. The fourth-order valence-corrected chi connectivity index (χ4v) is 8.58. The molecule has 0 saturated carbocycles. The smallest absolute Gasteiger partial charge is 0.313 e. The molecule has 2 fully saturated rings. The molecule has 4 aliphatic rings. The molecule has 49 heavy (non-hydrogen) atoms. The van der Waals surface area contributed by atoms with Crippen LogP contribution in [0.1, 0.15) is 61.3 Å². The zero-order valence-corrected chi connectivity index (χ0v) is 29.6. The van der Waals surface area contributed by atoms with Gasteiger partial charge >= 0.3 is 5.97 Å². The van der Waals surface area contributed by atoms with E-state index in [1.807, 2.05) is 80.6 Å². The normalized spacial score (nSPS) is 29.5. The van der Waals surface area contributed by atoms with E-state index in [1.165, 1.54) is 0 Å². The number of halogens is 1. The van der Waals surface area contributed by atoms with Gasteiger partial charge in [-0.15, -0.1) is 0 Å². The molecule has 10 nitrogen and oxygen atoms in total. The Morgan fingerprint density at radius 2 is 1.67 bits per heavy atom. The summed E-state index contributed by atoms with van der Waals surface area (Å²) in [6.07, 6.45) is 7.53. The Kier molecular flexibility index (Phi) is 10.7. The minimum Gasteiger partial charge on any atom is -0.455 e. The van der Waals surface area contributed by atoms with Crippen LogP contribution in [0.3, 0.4) is 0 Å². The molecule has 260 valence electrons. The quantitative estimate of drug-likeness (QED) is 0.227. The highest BCUT2D eigenvalue weighted by molar-refractivity contribution is 9.11. The van der Waals surface area contributed by atoms with Gasteiger partial charge in [-0.25, -0.2) is 0 Å². The molecule has 4 aliphatic heterocycles. The number of unbranched alkanes of at least 4 members (excludes halogenated alkanes) is 3. The SMILES string of the molecule is Cc1cccc(C)c1N1C/C=C\CCC(=O)NC[C@H](c2ccccc2)OC(=O)[C@H]2[C@@H]3O[C@@]4(C=C3Br)[C@@H]2C(=O)N(CCCCCCO)[C@@H]4C1=O. The van der Waals surface area contributed by atoms with Gasteiger partial charge in [-0.2, -0.15) is 0 Å². The van der Waals surface area contributed by atoms with Crippen molar-refractivity contribution in [3.8, 4) is 0 Å². The fourth-order valence-electron chi connectivity index (χ4n) is 7.85. The first kappa shape index (κ1) is 35.0. The second-order valence-corrected chi connectivity index (χ2v) is 14.3. The molecule has 2 aromatic carbocycles. The molecule has 0 aliphatic carbocycles. The van der Waals surface area contributed by atoms with Crippen LogP contribution in [0.2, 0.25) is 0 Å². The number of allylic oxidation sites excluding steroid dienone is 1. The number of cyclic esters (lactones) is 1. The lowest BCUT2D eigenvalue weighted by Crippen LogP contribution is -2.56. The lowest BCUT2D eigenvalue weighted by molar-refractivity contribution is -0.159. The number of nitrogens with one attached hydrogen (secondary N) is 1. The van der Waals surface area contributed by atoms with Crippen molar-refractivity contribution < 1.29 is 33.8 Å².